The highest BCUT2D eigenvalue weighted by atomic mass is 16.4. The maximum absolute atomic E-state index is 11.1. The molecule has 0 aromatic heterocycles. The summed E-state index contributed by atoms with van der Waals surface area (Å²) in [5.74, 6) is -0.437. The Morgan fingerprint density at radius 3 is 2.10 bits per heavy atom. The molecule has 0 bridgehead atoms. The summed E-state index contributed by atoms with van der Waals surface area (Å²) < 4.78 is 0. The van der Waals surface area contributed by atoms with Gasteiger partial charge in [-0.2, -0.15) is 0 Å². The summed E-state index contributed by atoms with van der Waals surface area (Å²) in [5, 5.41) is 12.6. The smallest absolute Gasteiger partial charge is 0.336 e. The van der Waals surface area contributed by atoms with Crippen LogP contribution in [0.15, 0.2) is 109 Å². The highest BCUT2D eigenvalue weighted by molar-refractivity contribution is 5.96. The predicted molar refractivity (Wildman–Crippen MR) is 175 cm³/mol. The Hall–Kier alpha value is -4.37. The van der Waals surface area contributed by atoms with Gasteiger partial charge < -0.3 is 10.4 Å². The van der Waals surface area contributed by atoms with Crippen LogP contribution in [0.1, 0.15) is 78.7 Å². The van der Waals surface area contributed by atoms with Crippen molar-refractivity contribution in [2.75, 3.05) is 6.54 Å². The third-order valence-corrected chi connectivity index (χ3v) is 7.56. The molecule has 3 nitrogen and oxygen atoms in total. The monoisotopic (exact) mass is 545 g/mol. The molecule has 0 saturated carbocycles. The molecule has 4 aromatic rings. The Labute approximate surface area is 246 Å². The van der Waals surface area contributed by atoms with E-state index in [4.69, 9.17) is 5.11 Å². The van der Waals surface area contributed by atoms with Gasteiger partial charge in [0.05, 0.1) is 5.56 Å². The minimum Gasteiger partial charge on any atom is -0.478 e. The van der Waals surface area contributed by atoms with Gasteiger partial charge in [-0.1, -0.05) is 111 Å². The van der Waals surface area contributed by atoms with E-state index in [-0.39, 0.29) is 0 Å². The molecule has 0 aliphatic rings. The number of carboxylic acids is 1. The first-order chi connectivity index (χ1) is 19.6. The minimum atomic E-state index is -0.889. The summed E-state index contributed by atoms with van der Waals surface area (Å²) >= 11 is 0. The first-order valence-electron chi connectivity index (χ1n) is 14.3. The van der Waals surface area contributed by atoms with Crippen molar-refractivity contribution in [3.05, 3.63) is 143 Å². The van der Waals surface area contributed by atoms with Crippen LogP contribution < -0.4 is 5.32 Å². The van der Waals surface area contributed by atoms with Gasteiger partial charge >= 0.3 is 5.97 Å². The Kier molecular flexibility index (Phi) is 11.3. The lowest BCUT2D eigenvalue weighted by atomic mass is 9.95. The molecule has 0 spiro atoms. The van der Waals surface area contributed by atoms with Gasteiger partial charge in [-0.15, -0.1) is 0 Å². The fourth-order valence-corrected chi connectivity index (χ4v) is 4.60. The largest absolute Gasteiger partial charge is 0.478 e. The Morgan fingerprint density at radius 2 is 1.49 bits per heavy atom. The van der Waals surface area contributed by atoms with E-state index >= 15 is 0 Å². The fraction of sp³-hybridized carbons (Fsp3) is 0.237. The first-order valence-corrected chi connectivity index (χ1v) is 14.3. The normalized spacial score (nSPS) is 11.1. The lowest BCUT2D eigenvalue weighted by molar-refractivity contribution is 0.0697. The fourth-order valence-electron chi connectivity index (χ4n) is 4.60. The number of carbonyl (C=O) groups is 1. The molecule has 0 fully saturated rings. The van der Waals surface area contributed by atoms with Crippen molar-refractivity contribution in [2.45, 2.75) is 53.9 Å². The van der Waals surface area contributed by atoms with Gasteiger partial charge in [0.1, 0.15) is 0 Å². The molecular formula is C38H43NO2. The van der Waals surface area contributed by atoms with Crippen LogP contribution in [-0.2, 0) is 6.42 Å². The molecule has 0 saturated heterocycles. The molecule has 0 unspecified atom stereocenters. The van der Waals surface area contributed by atoms with E-state index in [1.54, 1.807) is 12.1 Å². The number of rotatable bonds is 9. The zero-order valence-corrected chi connectivity index (χ0v) is 25.3. The number of benzene rings is 4. The van der Waals surface area contributed by atoms with Crippen molar-refractivity contribution in [3.8, 4) is 11.1 Å². The molecule has 1 atom stereocenters. The highest BCUT2D eigenvalue weighted by Gasteiger charge is 2.11. The van der Waals surface area contributed by atoms with E-state index in [0.29, 0.717) is 11.5 Å². The SMILES string of the molecule is C=C(NC[C@H](C)c1ccccc1)c1ccc(C)c(C(C)=C(C)C)c1.CCc1ccc(-c2ccccc2C(=O)O)cc1. The van der Waals surface area contributed by atoms with Crippen molar-refractivity contribution in [3.63, 3.8) is 0 Å². The third kappa shape index (κ3) is 8.56. The number of allylic oxidation sites excluding steroid dienone is 2. The number of carboxylic acid groups (broad SMARTS) is 1. The zero-order chi connectivity index (χ0) is 29.9. The summed E-state index contributed by atoms with van der Waals surface area (Å²) in [6, 6.07) is 32.3. The van der Waals surface area contributed by atoms with Crippen LogP contribution in [0.5, 0.6) is 0 Å². The molecule has 4 aromatic carbocycles. The van der Waals surface area contributed by atoms with Crippen LogP contribution in [0.4, 0.5) is 0 Å². The molecule has 4 rings (SSSR count). The van der Waals surface area contributed by atoms with E-state index in [9.17, 15) is 4.79 Å². The van der Waals surface area contributed by atoms with Gasteiger partial charge in [0.25, 0.3) is 0 Å². The standard InChI is InChI=1S/C23H29N.C15H14O2/c1-16(2)19(5)23-14-22(13-12-17(23)3)20(6)24-15-18(4)21-10-8-7-9-11-21;1-2-11-7-9-12(10-8-11)13-5-3-4-6-14(13)15(16)17/h7-14,18,24H,6,15H2,1-5H3;3-10H,2H2,1H3,(H,16,17)/t18-;/m0./s1. The quantitative estimate of drug-likeness (QED) is 0.220. The minimum absolute atomic E-state index is 0.344. The maximum Gasteiger partial charge on any atom is 0.336 e. The number of nitrogens with one attached hydrogen (secondary N) is 1. The van der Waals surface area contributed by atoms with Gasteiger partial charge in [-0.3, -0.25) is 0 Å². The molecule has 212 valence electrons. The summed E-state index contributed by atoms with van der Waals surface area (Å²) in [4.78, 5) is 11.1. The molecule has 0 aliphatic carbocycles. The van der Waals surface area contributed by atoms with Crippen molar-refractivity contribution in [2.24, 2.45) is 0 Å². The zero-order valence-electron chi connectivity index (χ0n) is 25.3. The van der Waals surface area contributed by atoms with Crippen LogP contribution in [0.2, 0.25) is 0 Å². The predicted octanol–water partition coefficient (Wildman–Crippen LogP) is 9.79. The third-order valence-electron chi connectivity index (χ3n) is 7.56. The summed E-state index contributed by atoms with van der Waals surface area (Å²) in [7, 11) is 0. The molecule has 0 amide bonds. The molecular weight excluding hydrogens is 502 g/mol. The second-order valence-corrected chi connectivity index (χ2v) is 10.7. The van der Waals surface area contributed by atoms with E-state index in [1.807, 2.05) is 36.4 Å². The summed E-state index contributed by atoms with van der Waals surface area (Å²) in [5.41, 5.74) is 12.1. The van der Waals surface area contributed by atoms with Crippen LogP contribution in [0.3, 0.4) is 0 Å². The van der Waals surface area contributed by atoms with Gasteiger partial charge in [0.15, 0.2) is 0 Å². The molecule has 3 heteroatoms. The summed E-state index contributed by atoms with van der Waals surface area (Å²) in [6.45, 7) is 18.1. The van der Waals surface area contributed by atoms with Crippen LogP contribution >= 0.6 is 0 Å². The molecule has 2 N–H and O–H groups in total. The number of hydrogen-bond donors (Lipinski definition) is 2. The van der Waals surface area contributed by atoms with E-state index < -0.39 is 5.97 Å². The highest BCUT2D eigenvalue weighted by Crippen LogP contribution is 2.26. The topological polar surface area (TPSA) is 49.3 Å². The number of hydrogen-bond acceptors (Lipinski definition) is 2. The van der Waals surface area contributed by atoms with Crippen molar-refractivity contribution >= 4 is 17.2 Å². The second-order valence-electron chi connectivity index (χ2n) is 10.7. The average Bonchev–Trinajstić information content (AvgIpc) is 3.00. The van der Waals surface area contributed by atoms with Crippen LogP contribution in [-0.4, -0.2) is 17.6 Å². The second kappa shape index (κ2) is 14.9. The van der Waals surface area contributed by atoms with Crippen LogP contribution in [0, 0.1) is 6.92 Å². The summed E-state index contributed by atoms with van der Waals surface area (Å²) in [6.07, 6.45) is 0.987. The van der Waals surface area contributed by atoms with Gasteiger partial charge in [0.2, 0.25) is 0 Å². The number of aryl methyl sites for hydroxylation is 2. The molecule has 41 heavy (non-hydrogen) atoms. The van der Waals surface area contributed by atoms with Crippen LogP contribution in [0.25, 0.3) is 22.4 Å². The maximum atomic E-state index is 11.1. The number of aromatic carboxylic acids is 1. The van der Waals surface area contributed by atoms with Crippen molar-refractivity contribution in [1.82, 2.24) is 5.32 Å². The van der Waals surface area contributed by atoms with E-state index in [0.717, 1.165) is 35.4 Å². The molecule has 0 heterocycles. The molecule has 0 aliphatic heterocycles. The van der Waals surface area contributed by atoms with E-state index in [2.05, 4.69) is 102 Å². The lowest BCUT2D eigenvalue weighted by Gasteiger charge is -2.17. The first kappa shape index (κ1) is 31.2. The van der Waals surface area contributed by atoms with Gasteiger partial charge in [-0.05, 0) is 96.7 Å². The van der Waals surface area contributed by atoms with Gasteiger partial charge in [-0.25, -0.2) is 4.79 Å². The Morgan fingerprint density at radius 1 is 0.854 bits per heavy atom. The Balaban J connectivity index is 0.000000239. The molecule has 0 radical (unpaired) electrons. The lowest BCUT2D eigenvalue weighted by Crippen LogP contribution is -2.18. The Bertz CT molecular complexity index is 1490. The van der Waals surface area contributed by atoms with Crippen molar-refractivity contribution < 1.29 is 9.90 Å². The van der Waals surface area contributed by atoms with Crippen molar-refractivity contribution in [1.29, 1.82) is 0 Å². The van der Waals surface area contributed by atoms with E-state index in [1.165, 1.54) is 33.4 Å². The van der Waals surface area contributed by atoms with Gasteiger partial charge in [0, 0.05) is 12.2 Å². The average molecular weight is 546 g/mol.